The molecule has 3 fully saturated rings. The summed E-state index contributed by atoms with van der Waals surface area (Å²) in [5.74, 6) is -0.0388. The maximum atomic E-state index is 13.6. The summed E-state index contributed by atoms with van der Waals surface area (Å²) in [4.78, 5) is 54.7. The van der Waals surface area contributed by atoms with Crippen molar-refractivity contribution in [3.8, 4) is 5.75 Å². The summed E-state index contributed by atoms with van der Waals surface area (Å²) in [5, 5.41) is 3.39. The van der Waals surface area contributed by atoms with Crippen LogP contribution < -0.4 is 15.8 Å². The molecule has 206 valence electrons. The van der Waals surface area contributed by atoms with Crippen LogP contribution in [0.4, 0.5) is 5.69 Å². The molecule has 12 heteroatoms. The van der Waals surface area contributed by atoms with Crippen molar-refractivity contribution in [2.75, 3.05) is 24.2 Å². The molecule has 3 aliphatic heterocycles. The number of thioether (sulfide) groups is 1. The van der Waals surface area contributed by atoms with Crippen molar-refractivity contribution < 1.29 is 23.9 Å². The number of amides is 4. The van der Waals surface area contributed by atoms with Crippen LogP contribution in [0.15, 0.2) is 42.5 Å². The lowest BCUT2D eigenvalue weighted by molar-refractivity contribution is -0.148. The van der Waals surface area contributed by atoms with Gasteiger partial charge in [0.1, 0.15) is 17.3 Å². The minimum atomic E-state index is -0.909. The predicted molar refractivity (Wildman–Crippen MR) is 150 cm³/mol. The number of primary amides is 1. The molecule has 3 atom stereocenters. The Morgan fingerprint density at radius 1 is 1.15 bits per heavy atom. The number of fused-ring (bicyclic) bond motifs is 1. The minimum absolute atomic E-state index is 0.124. The van der Waals surface area contributed by atoms with E-state index < -0.39 is 17.5 Å². The predicted octanol–water partition coefficient (Wildman–Crippen LogP) is 3.46. The number of hydrogen-bond acceptors (Lipinski definition) is 6. The fraction of sp³-hybridized carbons (Fsp3) is 0.407. The standard InChI is InChI=1S/C27H28Cl2N4O5S/c28-17-4-7-21(19(29)13-17)38-15-22(34)31-18-5-2-16(3-6-18)12-23(35)32-10-1-9-27(32)14-24-33(26(27)37)20(25(30)36)8-11-39-24/h2-7,13,20,24H,1,8-12,14-15H2,(H2,30,36)(H,31,34). The Balaban J connectivity index is 1.19. The fourth-order valence-electron chi connectivity index (χ4n) is 5.65. The number of halogens is 2. The number of carbonyl (C=O) groups excluding carboxylic acids is 4. The zero-order chi connectivity index (χ0) is 27.7. The number of nitrogens with two attached hydrogens (primary N) is 1. The van der Waals surface area contributed by atoms with E-state index in [1.54, 1.807) is 58.0 Å². The Morgan fingerprint density at radius 3 is 2.64 bits per heavy atom. The number of nitrogens with zero attached hydrogens (tertiary/aromatic N) is 2. The maximum Gasteiger partial charge on any atom is 0.262 e. The van der Waals surface area contributed by atoms with Crippen molar-refractivity contribution in [2.24, 2.45) is 5.73 Å². The van der Waals surface area contributed by atoms with Crippen molar-refractivity contribution >= 4 is 64.3 Å². The Kier molecular flexibility index (Phi) is 7.98. The normalized spacial score (nSPS) is 24.1. The molecule has 9 nitrogen and oxygen atoms in total. The molecule has 1 spiro atoms. The molecule has 3 aliphatic rings. The summed E-state index contributed by atoms with van der Waals surface area (Å²) in [7, 11) is 0. The average Bonchev–Trinajstić information content (AvgIpc) is 3.45. The first-order chi connectivity index (χ1) is 18.7. The summed E-state index contributed by atoms with van der Waals surface area (Å²) in [6.45, 7) is 0.266. The van der Waals surface area contributed by atoms with Crippen molar-refractivity contribution in [1.29, 1.82) is 0 Å². The van der Waals surface area contributed by atoms with Crippen LogP contribution in [-0.2, 0) is 25.6 Å². The van der Waals surface area contributed by atoms with E-state index in [0.717, 1.165) is 17.7 Å². The molecule has 0 aromatic heterocycles. The van der Waals surface area contributed by atoms with E-state index in [4.69, 9.17) is 33.7 Å². The quantitative estimate of drug-likeness (QED) is 0.509. The molecule has 3 unspecified atom stereocenters. The molecule has 39 heavy (non-hydrogen) atoms. The number of rotatable bonds is 7. The second kappa shape index (κ2) is 11.3. The first kappa shape index (κ1) is 27.6. The highest BCUT2D eigenvalue weighted by Crippen LogP contribution is 2.48. The van der Waals surface area contributed by atoms with Crippen LogP contribution in [-0.4, -0.2) is 69.3 Å². The summed E-state index contributed by atoms with van der Waals surface area (Å²) >= 11 is 13.6. The van der Waals surface area contributed by atoms with Gasteiger partial charge in [-0.3, -0.25) is 19.2 Å². The van der Waals surface area contributed by atoms with Gasteiger partial charge in [0, 0.05) is 23.7 Å². The molecule has 5 rings (SSSR count). The van der Waals surface area contributed by atoms with Crippen molar-refractivity contribution in [1.82, 2.24) is 9.80 Å². The number of benzene rings is 2. The fourth-order valence-corrected chi connectivity index (χ4v) is 7.54. The average molecular weight is 592 g/mol. The number of anilines is 1. The van der Waals surface area contributed by atoms with E-state index >= 15 is 0 Å². The van der Waals surface area contributed by atoms with Crippen molar-refractivity contribution in [3.05, 3.63) is 58.1 Å². The van der Waals surface area contributed by atoms with Gasteiger partial charge in [0.05, 0.1) is 16.8 Å². The second-order valence-corrected chi connectivity index (χ2v) is 12.0. The summed E-state index contributed by atoms with van der Waals surface area (Å²) in [6, 6.07) is 11.1. The van der Waals surface area contributed by atoms with Gasteiger partial charge in [0.15, 0.2) is 6.61 Å². The van der Waals surface area contributed by atoms with Gasteiger partial charge in [-0.2, -0.15) is 0 Å². The lowest BCUT2D eigenvalue weighted by atomic mass is 9.93. The van der Waals surface area contributed by atoms with Gasteiger partial charge in [-0.05, 0) is 60.9 Å². The number of hydrogen-bond donors (Lipinski definition) is 2. The zero-order valence-electron chi connectivity index (χ0n) is 21.0. The highest BCUT2D eigenvalue weighted by Gasteiger charge is 2.61. The second-order valence-electron chi connectivity index (χ2n) is 9.91. The molecular weight excluding hydrogens is 563 g/mol. The SMILES string of the molecule is NC(=O)C1CCSC2CC3(CCCN3C(=O)Cc3ccc(NC(=O)COc4ccc(Cl)cc4Cl)cc3)C(=O)N21. The van der Waals surface area contributed by atoms with E-state index in [2.05, 4.69) is 5.32 Å². The van der Waals surface area contributed by atoms with Gasteiger partial charge in [0.25, 0.3) is 5.91 Å². The summed E-state index contributed by atoms with van der Waals surface area (Å²) in [5.41, 5.74) is 6.00. The van der Waals surface area contributed by atoms with Gasteiger partial charge in [-0.15, -0.1) is 11.8 Å². The first-order valence-corrected chi connectivity index (χ1v) is 14.5. The molecule has 2 aromatic rings. The largest absolute Gasteiger partial charge is 0.482 e. The van der Waals surface area contributed by atoms with E-state index in [0.29, 0.717) is 47.3 Å². The third kappa shape index (κ3) is 5.55. The van der Waals surface area contributed by atoms with Crippen LogP contribution in [0.1, 0.15) is 31.2 Å². The molecule has 3 N–H and O–H groups in total. The smallest absolute Gasteiger partial charge is 0.262 e. The molecule has 4 amide bonds. The van der Waals surface area contributed by atoms with E-state index in [9.17, 15) is 19.2 Å². The molecule has 0 saturated carbocycles. The van der Waals surface area contributed by atoms with E-state index in [1.807, 2.05) is 0 Å². The van der Waals surface area contributed by atoms with Crippen LogP contribution in [0.2, 0.25) is 10.0 Å². The molecule has 0 aliphatic carbocycles. The van der Waals surface area contributed by atoms with Gasteiger partial charge in [0.2, 0.25) is 17.7 Å². The summed E-state index contributed by atoms with van der Waals surface area (Å²) in [6.07, 6.45) is 2.50. The number of carbonyl (C=O) groups is 4. The number of nitrogens with one attached hydrogen (secondary N) is 1. The highest BCUT2D eigenvalue weighted by atomic mass is 35.5. The van der Waals surface area contributed by atoms with Crippen LogP contribution >= 0.6 is 35.0 Å². The zero-order valence-corrected chi connectivity index (χ0v) is 23.4. The van der Waals surface area contributed by atoms with Gasteiger partial charge in [-0.1, -0.05) is 35.3 Å². The summed E-state index contributed by atoms with van der Waals surface area (Å²) < 4.78 is 5.46. The van der Waals surface area contributed by atoms with Crippen LogP contribution in [0.25, 0.3) is 0 Å². The Hall–Kier alpha value is -2.95. The third-order valence-corrected chi connectivity index (χ3v) is 9.24. The van der Waals surface area contributed by atoms with Crippen LogP contribution in [0.5, 0.6) is 5.75 Å². The lowest BCUT2D eigenvalue weighted by Crippen LogP contribution is -2.57. The van der Waals surface area contributed by atoms with Gasteiger partial charge < -0.3 is 25.6 Å². The molecule has 3 saturated heterocycles. The van der Waals surface area contributed by atoms with Crippen LogP contribution in [0.3, 0.4) is 0 Å². The third-order valence-electron chi connectivity index (χ3n) is 7.46. The highest BCUT2D eigenvalue weighted by molar-refractivity contribution is 7.99. The maximum absolute atomic E-state index is 13.6. The molecule has 0 bridgehead atoms. The van der Waals surface area contributed by atoms with Crippen molar-refractivity contribution in [2.45, 2.75) is 49.1 Å². The molecule has 0 radical (unpaired) electrons. The Morgan fingerprint density at radius 2 is 1.92 bits per heavy atom. The van der Waals surface area contributed by atoms with Crippen molar-refractivity contribution in [3.63, 3.8) is 0 Å². The number of ether oxygens (including phenoxy) is 1. The first-order valence-electron chi connectivity index (χ1n) is 12.7. The Labute approximate surface area is 240 Å². The minimum Gasteiger partial charge on any atom is -0.482 e. The van der Waals surface area contributed by atoms with Crippen LogP contribution in [0, 0.1) is 0 Å². The van der Waals surface area contributed by atoms with Gasteiger partial charge >= 0.3 is 0 Å². The van der Waals surface area contributed by atoms with Gasteiger partial charge in [-0.25, -0.2) is 0 Å². The molecule has 3 heterocycles. The van der Waals surface area contributed by atoms with E-state index in [1.165, 1.54) is 6.07 Å². The molecule has 2 aromatic carbocycles. The monoisotopic (exact) mass is 590 g/mol. The van der Waals surface area contributed by atoms with E-state index in [-0.39, 0.29) is 36.1 Å². The molecular formula is C27H28Cl2N4O5S. The number of likely N-dealkylation sites (tertiary alicyclic amines) is 1. The topological polar surface area (TPSA) is 122 Å². The Bertz CT molecular complexity index is 1310. The lowest BCUT2D eigenvalue weighted by Gasteiger charge is -2.36.